The molecule has 2 atom stereocenters. The minimum absolute atomic E-state index is 0.219. The molecule has 1 N–H and O–H groups in total. The van der Waals surface area contributed by atoms with Crippen molar-refractivity contribution < 1.29 is 13.2 Å². The van der Waals surface area contributed by atoms with Crippen LogP contribution in [-0.4, -0.2) is 26.6 Å². The second-order valence-electron chi connectivity index (χ2n) is 6.91. The fourth-order valence-electron chi connectivity index (χ4n) is 3.25. The third-order valence-electron chi connectivity index (χ3n) is 4.60. The van der Waals surface area contributed by atoms with E-state index in [1.54, 1.807) is 24.3 Å². The Morgan fingerprint density at radius 2 is 1.74 bits per heavy atom. The van der Waals surface area contributed by atoms with Crippen LogP contribution in [0.2, 0.25) is 0 Å². The van der Waals surface area contributed by atoms with Gasteiger partial charge in [0.2, 0.25) is 15.9 Å². The summed E-state index contributed by atoms with van der Waals surface area (Å²) in [5.41, 5.74) is 3.72. The molecule has 0 aliphatic rings. The van der Waals surface area contributed by atoms with E-state index in [9.17, 15) is 13.2 Å². The van der Waals surface area contributed by atoms with E-state index in [0.29, 0.717) is 12.1 Å². The van der Waals surface area contributed by atoms with Crippen molar-refractivity contribution in [1.29, 1.82) is 0 Å². The number of carbonyl (C=O) groups is 1. The molecule has 146 valence electrons. The normalized spacial score (nSPS) is 13.7. The van der Waals surface area contributed by atoms with Gasteiger partial charge in [-0.2, -0.15) is 0 Å². The first-order valence-corrected chi connectivity index (χ1v) is 10.9. The van der Waals surface area contributed by atoms with Gasteiger partial charge >= 0.3 is 0 Å². The standard InChI is InChI=1S/C21H28N2O3S/c1-6-20(23(27(5,25)26)18-10-8-7-9-11-18)21(24)22-17(4)19-14-15(2)12-13-16(19)3/h7-14,17,20H,6H2,1-5H3,(H,22,24)/t17-,20-/m1/s1. The van der Waals surface area contributed by atoms with Crippen molar-refractivity contribution in [2.45, 2.75) is 46.2 Å². The predicted octanol–water partition coefficient (Wildman–Crippen LogP) is 3.73. The maximum atomic E-state index is 13.0. The summed E-state index contributed by atoms with van der Waals surface area (Å²) in [4.78, 5) is 13.0. The number of aryl methyl sites for hydroxylation is 2. The van der Waals surface area contributed by atoms with Gasteiger partial charge < -0.3 is 5.32 Å². The Morgan fingerprint density at radius 1 is 1.11 bits per heavy atom. The Kier molecular flexibility index (Phi) is 6.65. The molecule has 0 aromatic heterocycles. The van der Waals surface area contributed by atoms with Gasteiger partial charge in [-0.15, -0.1) is 0 Å². The van der Waals surface area contributed by atoms with Crippen LogP contribution in [0, 0.1) is 13.8 Å². The number of para-hydroxylation sites is 1. The minimum Gasteiger partial charge on any atom is -0.348 e. The zero-order valence-electron chi connectivity index (χ0n) is 16.6. The molecule has 0 bridgehead atoms. The molecule has 2 aromatic carbocycles. The fourth-order valence-corrected chi connectivity index (χ4v) is 4.46. The first kappa shape index (κ1) is 21.0. The Balaban J connectivity index is 2.31. The second kappa shape index (κ2) is 8.57. The lowest BCUT2D eigenvalue weighted by Crippen LogP contribution is -2.49. The second-order valence-corrected chi connectivity index (χ2v) is 8.77. The summed E-state index contributed by atoms with van der Waals surface area (Å²) in [6, 6.07) is 13.8. The van der Waals surface area contributed by atoms with Gasteiger partial charge in [0.15, 0.2) is 0 Å². The Morgan fingerprint density at radius 3 is 2.30 bits per heavy atom. The van der Waals surface area contributed by atoms with Crippen LogP contribution in [0.5, 0.6) is 0 Å². The lowest BCUT2D eigenvalue weighted by Gasteiger charge is -2.31. The number of benzene rings is 2. The van der Waals surface area contributed by atoms with Crippen molar-refractivity contribution >= 4 is 21.6 Å². The monoisotopic (exact) mass is 388 g/mol. The maximum absolute atomic E-state index is 13.0. The van der Waals surface area contributed by atoms with Crippen molar-refractivity contribution in [3.63, 3.8) is 0 Å². The van der Waals surface area contributed by atoms with Crippen LogP contribution in [0.4, 0.5) is 5.69 Å². The van der Waals surface area contributed by atoms with Gasteiger partial charge in [-0.3, -0.25) is 9.10 Å². The van der Waals surface area contributed by atoms with Gasteiger partial charge in [0.1, 0.15) is 6.04 Å². The van der Waals surface area contributed by atoms with Crippen LogP contribution in [0.15, 0.2) is 48.5 Å². The molecule has 0 aliphatic heterocycles. The highest BCUT2D eigenvalue weighted by Crippen LogP contribution is 2.24. The van der Waals surface area contributed by atoms with E-state index in [0.717, 1.165) is 22.9 Å². The van der Waals surface area contributed by atoms with Crippen molar-refractivity contribution in [3.05, 3.63) is 65.2 Å². The van der Waals surface area contributed by atoms with Crippen LogP contribution in [-0.2, 0) is 14.8 Å². The number of hydrogen-bond acceptors (Lipinski definition) is 3. The number of rotatable bonds is 7. The predicted molar refractivity (Wildman–Crippen MR) is 110 cm³/mol. The molecular weight excluding hydrogens is 360 g/mol. The molecule has 5 nitrogen and oxygen atoms in total. The van der Waals surface area contributed by atoms with Crippen LogP contribution >= 0.6 is 0 Å². The Hall–Kier alpha value is -2.34. The van der Waals surface area contributed by atoms with Crippen LogP contribution < -0.4 is 9.62 Å². The molecular formula is C21H28N2O3S. The maximum Gasteiger partial charge on any atom is 0.244 e. The molecule has 0 aliphatic carbocycles. The van der Waals surface area contributed by atoms with E-state index >= 15 is 0 Å². The average Bonchev–Trinajstić information content (AvgIpc) is 2.60. The highest BCUT2D eigenvalue weighted by molar-refractivity contribution is 7.92. The molecule has 0 radical (unpaired) electrons. The molecule has 1 amide bonds. The summed E-state index contributed by atoms with van der Waals surface area (Å²) < 4.78 is 26.1. The van der Waals surface area contributed by atoms with E-state index in [-0.39, 0.29) is 11.9 Å². The lowest BCUT2D eigenvalue weighted by atomic mass is 9.99. The van der Waals surface area contributed by atoms with Gasteiger partial charge in [0, 0.05) is 0 Å². The molecule has 2 aromatic rings. The SMILES string of the molecule is CC[C@H](C(=O)N[C@H](C)c1cc(C)ccc1C)N(c1ccccc1)S(C)(=O)=O. The number of hydrogen-bond donors (Lipinski definition) is 1. The molecule has 6 heteroatoms. The summed E-state index contributed by atoms with van der Waals surface area (Å²) in [7, 11) is -3.62. The van der Waals surface area contributed by atoms with Gasteiger partial charge in [0.25, 0.3) is 0 Å². The third kappa shape index (κ3) is 5.10. The molecule has 0 saturated carbocycles. The van der Waals surface area contributed by atoms with Crippen LogP contribution in [0.1, 0.15) is 43.0 Å². The van der Waals surface area contributed by atoms with E-state index in [4.69, 9.17) is 0 Å². The molecule has 0 heterocycles. The number of amides is 1. The van der Waals surface area contributed by atoms with Crippen LogP contribution in [0.25, 0.3) is 0 Å². The fraction of sp³-hybridized carbons (Fsp3) is 0.381. The van der Waals surface area contributed by atoms with Gasteiger partial charge in [0.05, 0.1) is 18.0 Å². The van der Waals surface area contributed by atoms with Gasteiger partial charge in [-0.05, 0) is 50.5 Å². The topological polar surface area (TPSA) is 66.5 Å². The third-order valence-corrected chi connectivity index (χ3v) is 5.78. The molecule has 0 fully saturated rings. The Bertz CT molecular complexity index is 895. The van der Waals surface area contributed by atoms with E-state index in [2.05, 4.69) is 5.32 Å². The summed E-state index contributed by atoms with van der Waals surface area (Å²) in [5.74, 6) is -0.305. The first-order valence-electron chi connectivity index (χ1n) is 9.07. The summed E-state index contributed by atoms with van der Waals surface area (Å²) in [6.45, 7) is 7.74. The van der Waals surface area contributed by atoms with Gasteiger partial charge in [-0.25, -0.2) is 8.42 Å². The van der Waals surface area contributed by atoms with Crippen LogP contribution in [0.3, 0.4) is 0 Å². The van der Waals surface area contributed by atoms with E-state index in [1.165, 1.54) is 4.31 Å². The zero-order chi connectivity index (χ0) is 20.2. The van der Waals surface area contributed by atoms with Crippen molar-refractivity contribution in [2.75, 3.05) is 10.6 Å². The number of nitrogens with one attached hydrogen (secondary N) is 1. The van der Waals surface area contributed by atoms with Gasteiger partial charge in [-0.1, -0.05) is 48.9 Å². The molecule has 0 unspecified atom stereocenters. The largest absolute Gasteiger partial charge is 0.348 e. The number of nitrogens with zero attached hydrogens (tertiary/aromatic N) is 1. The summed E-state index contributed by atoms with van der Waals surface area (Å²) in [6.07, 6.45) is 1.50. The molecule has 0 spiro atoms. The molecule has 27 heavy (non-hydrogen) atoms. The number of sulfonamides is 1. The van der Waals surface area contributed by atoms with E-state index in [1.807, 2.05) is 52.0 Å². The smallest absolute Gasteiger partial charge is 0.244 e. The zero-order valence-corrected chi connectivity index (χ0v) is 17.4. The Labute approximate surface area is 162 Å². The first-order chi connectivity index (χ1) is 12.6. The highest BCUT2D eigenvalue weighted by atomic mass is 32.2. The van der Waals surface area contributed by atoms with E-state index < -0.39 is 16.1 Å². The average molecular weight is 389 g/mol. The van der Waals surface area contributed by atoms with Crippen molar-refractivity contribution in [1.82, 2.24) is 5.32 Å². The quantitative estimate of drug-likeness (QED) is 0.786. The number of anilines is 1. The lowest BCUT2D eigenvalue weighted by molar-refractivity contribution is -0.122. The van der Waals surface area contributed by atoms with Crippen molar-refractivity contribution in [3.8, 4) is 0 Å². The van der Waals surface area contributed by atoms with Crippen molar-refractivity contribution in [2.24, 2.45) is 0 Å². The molecule has 0 saturated heterocycles. The number of carbonyl (C=O) groups excluding carboxylic acids is 1. The molecule has 2 rings (SSSR count). The highest BCUT2D eigenvalue weighted by Gasteiger charge is 2.32. The minimum atomic E-state index is -3.62. The summed E-state index contributed by atoms with van der Waals surface area (Å²) >= 11 is 0. The summed E-state index contributed by atoms with van der Waals surface area (Å²) in [5, 5.41) is 2.99.